The van der Waals surface area contributed by atoms with Gasteiger partial charge in [0.25, 0.3) is 5.88 Å². The molecule has 0 bridgehead atoms. The van der Waals surface area contributed by atoms with Gasteiger partial charge in [-0.2, -0.15) is 13.2 Å². The van der Waals surface area contributed by atoms with Gasteiger partial charge in [0.05, 0.1) is 5.69 Å². The van der Waals surface area contributed by atoms with E-state index in [2.05, 4.69) is 27.1 Å². The van der Waals surface area contributed by atoms with Gasteiger partial charge in [0.1, 0.15) is 18.9 Å². The van der Waals surface area contributed by atoms with Crippen molar-refractivity contribution in [2.24, 2.45) is 5.92 Å². The molecular formula is C22H27F3N4O2. The monoisotopic (exact) mass is 436 g/mol. The lowest BCUT2D eigenvalue weighted by Gasteiger charge is -2.37. The van der Waals surface area contributed by atoms with Gasteiger partial charge >= 0.3 is 6.18 Å². The maximum absolute atomic E-state index is 13.0. The first kappa shape index (κ1) is 21.7. The Kier molecular flexibility index (Phi) is 6.22. The van der Waals surface area contributed by atoms with Crippen LogP contribution in [0.1, 0.15) is 42.9 Å². The third-order valence-electron chi connectivity index (χ3n) is 5.79. The molecule has 4 rings (SSSR count). The van der Waals surface area contributed by atoms with Crippen molar-refractivity contribution in [2.75, 3.05) is 38.2 Å². The highest BCUT2D eigenvalue weighted by Crippen LogP contribution is 2.33. The summed E-state index contributed by atoms with van der Waals surface area (Å²) < 4.78 is 50.2. The summed E-state index contributed by atoms with van der Waals surface area (Å²) in [5.74, 6) is 1.55. The molecule has 0 spiro atoms. The van der Waals surface area contributed by atoms with Gasteiger partial charge < -0.3 is 14.8 Å². The zero-order valence-corrected chi connectivity index (χ0v) is 17.7. The van der Waals surface area contributed by atoms with Crippen molar-refractivity contribution in [1.82, 2.24) is 14.9 Å². The molecule has 1 fully saturated rings. The predicted molar refractivity (Wildman–Crippen MR) is 110 cm³/mol. The third-order valence-corrected chi connectivity index (χ3v) is 5.79. The normalized spacial score (nSPS) is 20.4. The van der Waals surface area contributed by atoms with E-state index in [0.717, 1.165) is 37.7 Å². The lowest BCUT2D eigenvalue weighted by Crippen LogP contribution is -2.39. The summed E-state index contributed by atoms with van der Waals surface area (Å²) in [6.45, 7) is 7.14. The van der Waals surface area contributed by atoms with Gasteiger partial charge in [0, 0.05) is 30.5 Å². The van der Waals surface area contributed by atoms with Crippen LogP contribution in [0.25, 0.3) is 0 Å². The van der Waals surface area contributed by atoms with E-state index in [-0.39, 0.29) is 6.04 Å². The number of likely N-dealkylation sites (tertiary alicyclic amines) is 1. The maximum Gasteiger partial charge on any atom is 0.433 e. The first-order valence-corrected chi connectivity index (χ1v) is 10.6. The van der Waals surface area contributed by atoms with E-state index in [4.69, 9.17) is 9.47 Å². The molecule has 0 saturated carbocycles. The molecule has 31 heavy (non-hydrogen) atoms. The molecular weight excluding hydrogens is 409 g/mol. The van der Waals surface area contributed by atoms with Crippen molar-refractivity contribution in [2.45, 2.75) is 38.9 Å². The van der Waals surface area contributed by atoms with Crippen molar-refractivity contribution in [3.8, 4) is 11.6 Å². The van der Waals surface area contributed by atoms with E-state index < -0.39 is 11.9 Å². The molecule has 2 atom stereocenters. The summed E-state index contributed by atoms with van der Waals surface area (Å²) in [7, 11) is 0. The molecule has 0 aromatic carbocycles. The number of hydrogen-bond acceptors (Lipinski definition) is 6. The van der Waals surface area contributed by atoms with Gasteiger partial charge in [-0.1, -0.05) is 0 Å². The number of fused-ring (bicyclic) bond motifs is 1. The Morgan fingerprint density at radius 2 is 2.00 bits per heavy atom. The van der Waals surface area contributed by atoms with Crippen LogP contribution in [0.15, 0.2) is 24.3 Å². The predicted octanol–water partition coefficient (Wildman–Crippen LogP) is 4.46. The summed E-state index contributed by atoms with van der Waals surface area (Å²) in [6.07, 6.45) is -2.39. The highest BCUT2D eigenvalue weighted by molar-refractivity contribution is 5.46. The standard InChI is InChI=1S/C22H27F3N4O2/c1-14-10-17(11-20(27-14)22(23,24)25)26-12-16-4-3-7-29(13-16)15(2)18-5-6-19-21(28-18)31-9-8-30-19/h5-6,10-11,15-16H,3-4,7-9,12-13H2,1-2H3,(H,26,27)/t15-,16+/m0/s1. The van der Waals surface area contributed by atoms with Crippen molar-refractivity contribution in [1.29, 1.82) is 0 Å². The van der Waals surface area contributed by atoms with Gasteiger partial charge in [0.2, 0.25) is 0 Å². The molecule has 6 nitrogen and oxygen atoms in total. The Balaban J connectivity index is 1.38. The van der Waals surface area contributed by atoms with Crippen LogP contribution in [0.2, 0.25) is 0 Å². The number of aromatic nitrogens is 2. The second-order valence-electron chi connectivity index (χ2n) is 8.18. The Morgan fingerprint density at radius 1 is 1.19 bits per heavy atom. The number of rotatable bonds is 5. The molecule has 1 saturated heterocycles. The fourth-order valence-corrected chi connectivity index (χ4v) is 4.16. The van der Waals surface area contributed by atoms with Crippen molar-refractivity contribution >= 4 is 5.69 Å². The molecule has 2 aromatic heterocycles. The number of nitrogens with one attached hydrogen (secondary N) is 1. The van der Waals surface area contributed by atoms with Crippen LogP contribution in [0.5, 0.6) is 11.6 Å². The van der Waals surface area contributed by atoms with E-state index in [0.29, 0.717) is 48.7 Å². The fraction of sp³-hybridized carbons (Fsp3) is 0.545. The average Bonchev–Trinajstić information content (AvgIpc) is 2.76. The number of anilines is 1. The smallest absolute Gasteiger partial charge is 0.433 e. The Bertz CT molecular complexity index is 922. The van der Waals surface area contributed by atoms with Crippen LogP contribution in [-0.4, -0.2) is 47.7 Å². The number of ether oxygens (including phenoxy) is 2. The van der Waals surface area contributed by atoms with Gasteiger partial charge in [-0.05, 0) is 63.4 Å². The quantitative estimate of drug-likeness (QED) is 0.747. The van der Waals surface area contributed by atoms with E-state index in [1.807, 2.05) is 12.1 Å². The molecule has 168 valence electrons. The minimum atomic E-state index is -4.45. The number of pyridine rings is 2. The van der Waals surface area contributed by atoms with Crippen molar-refractivity contribution in [3.63, 3.8) is 0 Å². The molecule has 9 heteroatoms. The minimum absolute atomic E-state index is 0.110. The van der Waals surface area contributed by atoms with Gasteiger partial charge in [-0.15, -0.1) is 0 Å². The molecule has 4 heterocycles. The number of nitrogens with zero attached hydrogens (tertiary/aromatic N) is 3. The topological polar surface area (TPSA) is 59.5 Å². The van der Waals surface area contributed by atoms with Crippen molar-refractivity contribution in [3.05, 3.63) is 41.3 Å². The van der Waals surface area contributed by atoms with E-state index in [1.165, 1.54) is 0 Å². The average molecular weight is 436 g/mol. The molecule has 2 aliphatic rings. The van der Waals surface area contributed by atoms with Crippen LogP contribution in [0.3, 0.4) is 0 Å². The third kappa shape index (κ3) is 5.20. The van der Waals surface area contributed by atoms with Crippen LogP contribution >= 0.6 is 0 Å². The van der Waals surface area contributed by atoms with Crippen LogP contribution in [-0.2, 0) is 6.18 Å². The molecule has 0 amide bonds. The lowest BCUT2D eigenvalue weighted by molar-refractivity contribution is -0.141. The van der Waals surface area contributed by atoms with E-state index >= 15 is 0 Å². The Hall–Kier alpha value is -2.55. The molecule has 0 radical (unpaired) electrons. The minimum Gasteiger partial charge on any atom is -0.484 e. The number of piperidine rings is 1. The Labute approximate surface area is 179 Å². The molecule has 1 N–H and O–H groups in total. The number of alkyl halides is 3. The lowest BCUT2D eigenvalue weighted by atomic mass is 9.96. The zero-order chi connectivity index (χ0) is 22.0. The molecule has 0 unspecified atom stereocenters. The zero-order valence-electron chi connectivity index (χ0n) is 17.7. The largest absolute Gasteiger partial charge is 0.484 e. The molecule has 2 aliphatic heterocycles. The first-order chi connectivity index (χ1) is 14.8. The summed E-state index contributed by atoms with van der Waals surface area (Å²) in [5.41, 5.74) is 0.871. The maximum atomic E-state index is 13.0. The van der Waals surface area contributed by atoms with E-state index in [1.54, 1.807) is 13.0 Å². The van der Waals surface area contributed by atoms with Gasteiger partial charge in [-0.3, -0.25) is 4.90 Å². The number of halogens is 3. The van der Waals surface area contributed by atoms with Gasteiger partial charge in [0.15, 0.2) is 5.75 Å². The second kappa shape index (κ2) is 8.90. The highest BCUT2D eigenvalue weighted by Gasteiger charge is 2.33. The first-order valence-electron chi connectivity index (χ1n) is 10.6. The molecule has 0 aliphatic carbocycles. The van der Waals surface area contributed by atoms with Crippen LogP contribution < -0.4 is 14.8 Å². The highest BCUT2D eigenvalue weighted by atomic mass is 19.4. The summed E-state index contributed by atoms with van der Waals surface area (Å²) in [5, 5.41) is 3.19. The number of aryl methyl sites for hydroxylation is 1. The molecule has 2 aromatic rings. The Morgan fingerprint density at radius 3 is 2.81 bits per heavy atom. The summed E-state index contributed by atoms with van der Waals surface area (Å²) >= 11 is 0. The van der Waals surface area contributed by atoms with Crippen molar-refractivity contribution < 1.29 is 22.6 Å². The summed E-state index contributed by atoms with van der Waals surface area (Å²) in [4.78, 5) is 10.6. The van der Waals surface area contributed by atoms with Crippen LogP contribution in [0.4, 0.5) is 18.9 Å². The number of hydrogen-bond donors (Lipinski definition) is 1. The van der Waals surface area contributed by atoms with Gasteiger partial charge in [-0.25, -0.2) is 9.97 Å². The SMILES string of the molecule is Cc1cc(NC[C@H]2CCCN([C@@H](C)c3ccc4c(n3)OCCO4)C2)cc(C(F)(F)F)n1. The summed E-state index contributed by atoms with van der Waals surface area (Å²) in [6, 6.07) is 6.71. The fourth-order valence-electron chi connectivity index (χ4n) is 4.16. The van der Waals surface area contributed by atoms with Crippen LogP contribution in [0, 0.1) is 12.8 Å². The van der Waals surface area contributed by atoms with E-state index in [9.17, 15) is 13.2 Å². The second-order valence-corrected chi connectivity index (χ2v) is 8.18.